The molecule has 2 aromatic carbocycles. The number of nitrogens with zero attached hydrogens (tertiary/aromatic N) is 2. The van der Waals surface area contributed by atoms with Gasteiger partial charge in [-0.3, -0.25) is 9.79 Å². The number of fused-ring (bicyclic) bond motifs is 1. The van der Waals surface area contributed by atoms with Crippen molar-refractivity contribution in [2.45, 2.75) is 32.1 Å². The molecule has 0 atom stereocenters. The maximum atomic E-state index is 11.3. The fourth-order valence-corrected chi connectivity index (χ4v) is 3.45. The van der Waals surface area contributed by atoms with Gasteiger partial charge in [0.1, 0.15) is 5.75 Å². The molecule has 0 aliphatic carbocycles. The van der Waals surface area contributed by atoms with E-state index in [0.29, 0.717) is 12.8 Å². The topological polar surface area (TPSA) is 74.1 Å². The van der Waals surface area contributed by atoms with Crippen molar-refractivity contribution in [2.24, 2.45) is 10.1 Å². The Bertz CT molecular complexity index is 942. The molecule has 1 amide bonds. The second-order valence-electron chi connectivity index (χ2n) is 6.93. The van der Waals surface area contributed by atoms with Crippen LogP contribution in [0.5, 0.6) is 5.75 Å². The number of hydrazone groups is 1. The summed E-state index contributed by atoms with van der Waals surface area (Å²) in [6, 6.07) is 13.4. The fraction of sp³-hybridized carbons (Fsp3) is 0.250. The number of phenolic OH excluding ortho intramolecular Hbond substituents is 1. The van der Waals surface area contributed by atoms with Gasteiger partial charge in [-0.05, 0) is 35.4 Å². The molecule has 2 aliphatic rings. The lowest BCUT2D eigenvalue weighted by Crippen LogP contribution is -2.28. The van der Waals surface area contributed by atoms with Crippen LogP contribution in [-0.2, 0) is 10.2 Å². The van der Waals surface area contributed by atoms with Crippen molar-refractivity contribution in [3.05, 3.63) is 59.2 Å². The second-order valence-corrected chi connectivity index (χ2v) is 6.93. The van der Waals surface area contributed by atoms with Crippen LogP contribution < -0.4 is 5.43 Å². The lowest BCUT2D eigenvalue weighted by molar-refractivity contribution is -0.121. The molecule has 2 aliphatic heterocycles. The summed E-state index contributed by atoms with van der Waals surface area (Å²) in [5.74, 6) is 0.192. The molecule has 0 bridgehead atoms. The van der Waals surface area contributed by atoms with Gasteiger partial charge in [-0.1, -0.05) is 32.0 Å². The Morgan fingerprint density at radius 3 is 2.64 bits per heavy atom. The van der Waals surface area contributed by atoms with Crippen molar-refractivity contribution in [3.63, 3.8) is 0 Å². The second kappa shape index (κ2) is 5.55. The zero-order chi connectivity index (χ0) is 17.6. The number of para-hydroxylation sites is 1. The van der Waals surface area contributed by atoms with Crippen LogP contribution in [0.15, 0.2) is 52.6 Å². The van der Waals surface area contributed by atoms with E-state index in [9.17, 15) is 9.90 Å². The van der Waals surface area contributed by atoms with Crippen LogP contribution in [0.1, 0.15) is 43.4 Å². The first-order valence-electron chi connectivity index (χ1n) is 8.34. The number of hydrogen-bond donors (Lipinski definition) is 2. The monoisotopic (exact) mass is 333 g/mol. The van der Waals surface area contributed by atoms with Crippen LogP contribution in [0.2, 0.25) is 0 Å². The molecule has 2 aromatic rings. The number of carbonyl (C=O) groups is 1. The third-order valence-corrected chi connectivity index (χ3v) is 4.89. The van der Waals surface area contributed by atoms with Crippen LogP contribution in [0, 0.1) is 0 Å². The first-order chi connectivity index (χ1) is 12.0. The van der Waals surface area contributed by atoms with Gasteiger partial charge in [0.05, 0.1) is 17.1 Å². The van der Waals surface area contributed by atoms with Crippen molar-refractivity contribution in [1.82, 2.24) is 5.43 Å². The van der Waals surface area contributed by atoms with E-state index in [1.54, 1.807) is 6.07 Å². The molecular formula is C20H19N3O2. The van der Waals surface area contributed by atoms with Crippen molar-refractivity contribution in [2.75, 3.05) is 0 Å². The number of carbonyl (C=O) groups excluding carboxylic acids is 1. The molecule has 5 nitrogen and oxygen atoms in total. The molecule has 2 heterocycles. The van der Waals surface area contributed by atoms with E-state index in [1.165, 1.54) is 0 Å². The minimum absolute atomic E-state index is 0.0459. The van der Waals surface area contributed by atoms with E-state index in [1.807, 2.05) is 30.3 Å². The average molecular weight is 333 g/mol. The molecule has 0 saturated carbocycles. The first kappa shape index (κ1) is 15.6. The van der Waals surface area contributed by atoms with Crippen LogP contribution in [0.4, 0.5) is 5.69 Å². The molecule has 25 heavy (non-hydrogen) atoms. The number of aliphatic imine (C=N–C) groups is 1. The van der Waals surface area contributed by atoms with Gasteiger partial charge in [-0.15, -0.1) is 0 Å². The van der Waals surface area contributed by atoms with Crippen molar-refractivity contribution in [1.29, 1.82) is 0 Å². The summed E-state index contributed by atoms with van der Waals surface area (Å²) in [6.07, 6.45) is 1.09. The van der Waals surface area contributed by atoms with Crippen LogP contribution >= 0.6 is 0 Å². The van der Waals surface area contributed by atoms with Crippen LogP contribution in [-0.4, -0.2) is 22.4 Å². The maximum Gasteiger partial charge on any atom is 0.240 e. The van der Waals surface area contributed by atoms with E-state index in [-0.39, 0.29) is 17.1 Å². The van der Waals surface area contributed by atoms with Crippen molar-refractivity contribution >= 4 is 23.0 Å². The van der Waals surface area contributed by atoms with Crippen molar-refractivity contribution < 1.29 is 9.90 Å². The molecule has 4 rings (SSSR count). The largest absolute Gasteiger partial charge is 0.507 e. The van der Waals surface area contributed by atoms with Gasteiger partial charge in [0, 0.05) is 23.8 Å². The summed E-state index contributed by atoms with van der Waals surface area (Å²) in [4.78, 5) is 16.1. The Morgan fingerprint density at radius 1 is 1.12 bits per heavy atom. The summed E-state index contributed by atoms with van der Waals surface area (Å²) >= 11 is 0. The Kier molecular flexibility index (Phi) is 3.46. The molecule has 0 spiro atoms. The molecule has 126 valence electrons. The minimum atomic E-state index is -0.331. The minimum Gasteiger partial charge on any atom is -0.507 e. The van der Waals surface area contributed by atoms with E-state index in [0.717, 1.165) is 33.8 Å². The number of amides is 1. The van der Waals surface area contributed by atoms with Crippen LogP contribution in [0.25, 0.3) is 0 Å². The summed E-state index contributed by atoms with van der Waals surface area (Å²) in [5, 5.41) is 14.4. The van der Waals surface area contributed by atoms with Gasteiger partial charge in [0.2, 0.25) is 5.91 Å². The predicted octanol–water partition coefficient (Wildman–Crippen LogP) is 3.42. The van der Waals surface area contributed by atoms with Gasteiger partial charge in [-0.25, -0.2) is 5.43 Å². The highest BCUT2D eigenvalue weighted by Gasteiger charge is 2.37. The van der Waals surface area contributed by atoms with Gasteiger partial charge in [0.15, 0.2) is 0 Å². The third-order valence-electron chi connectivity index (χ3n) is 4.89. The highest BCUT2D eigenvalue weighted by Crippen LogP contribution is 2.43. The Labute approximate surface area is 146 Å². The summed E-state index contributed by atoms with van der Waals surface area (Å²) in [6.45, 7) is 4.22. The number of hydrogen-bond acceptors (Lipinski definition) is 4. The number of rotatable bonds is 2. The predicted molar refractivity (Wildman–Crippen MR) is 97.7 cm³/mol. The Balaban J connectivity index is 1.76. The molecule has 0 radical (unpaired) electrons. The molecule has 5 heteroatoms. The smallest absolute Gasteiger partial charge is 0.240 e. The zero-order valence-electron chi connectivity index (χ0n) is 14.2. The fourth-order valence-electron chi connectivity index (χ4n) is 3.45. The number of aromatic hydroxyl groups is 1. The molecule has 0 saturated heterocycles. The van der Waals surface area contributed by atoms with Gasteiger partial charge in [0.25, 0.3) is 0 Å². The molecule has 0 aromatic heterocycles. The summed E-state index contributed by atoms with van der Waals surface area (Å²) in [5.41, 5.74) is 7.73. The number of benzene rings is 2. The van der Waals surface area contributed by atoms with E-state index in [4.69, 9.17) is 4.99 Å². The normalized spacial score (nSPS) is 18.2. The van der Waals surface area contributed by atoms with Gasteiger partial charge < -0.3 is 5.11 Å². The van der Waals surface area contributed by atoms with Crippen LogP contribution in [0.3, 0.4) is 0 Å². The first-order valence-corrected chi connectivity index (χ1v) is 8.34. The zero-order valence-corrected chi connectivity index (χ0v) is 14.2. The highest BCUT2D eigenvalue weighted by molar-refractivity contribution is 6.14. The average Bonchev–Trinajstić information content (AvgIpc) is 2.87. The lowest BCUT2D eigenvalue weighted by atomic mass is 9.78. The van der Waals surface area contributed by atoms with E-state index >= 15 is 0 Å². The van der Waals surface area contributed by atoms with E-state index in [2.05, 4.69) is 30.4 Å². The molecule has 0 fully saturated rings. The summed E-state index contributed by atoms with van der Waals surface area (Å²) in [7, 11) is 0. The molecular weight excluding hydrogens is 314 g/mol. The highest BCUT2D eigenvalue weighted by atomic mass is 16.3. The quantitative estimate of drug-likeness (QED) is 0.884. The standard InChI is InChI=1S/C20H19N3O2/c1-20(2)14-11-12(15-9-10-18(25)23-22-15)7-8-16(14)21-19(20)13-5-3-4-6-17(13)24/h3-8,11,24H,9-10H2,1-2H3,(H,23,25). The SMILES string of the molecule is CC1(C)C(c2ccccc2O)=Nc2ccc(C3=NNC(=O)CC3)cc21. The maximum absolute atomic E-state index is 11.3. The van der Waals surface area contributed by atoms with Gasteiger partial charge in [-0.2, -0.15) is 5.10 Å². The molecule has 0 unspecified atom stereocenters. The summed E-state index contributed by atoms with van der Waals surface area (Å²) < 4.78 is 0. The number of phenols is 1. The third kappa shape index (κ3) is 2.52. The van der Waals surface area contributed by atoms with Crippen molar-refractivity contribution in [3.8, 4) is 5.75 Å². The number of nitrogens with one attached hydrogen (secondary N) is 1. The molecule has 2 N–H and O–H groups in total. The van der Waals surface area contributed by atoms with E-state index < -0.39 is 0 Å². The lowest BCUT2D eigenvalue weighted by Gasteiger charge is -2.23. The Hall–Kier alpha value is -2.95. The Morgan fingerprint density at radius 2 is 1.92 bits per heavy atom. The van der Waals surface area contributed by atoms with Gasteiger partial charge >= 0.3 is 0 Å².